The Kier molecular flexibility index (Phi) is 4.28. The molecule has 0 spiro atoms. The van der Waals surface area contributed by atoms with E-state index in [1.807, 2.05) is 6.92 Å². The van der Waals surface area contributed by atoms with Crippen molar-refractivity contribution in [2.24, 2.45) is 5.92 Å². The van der Waals surface area contributed by atoms with Crippen molar-refractivity contribution in [1.29, 1.82) is 0 Å². The summed E-state index contributed by atoms with van der Waals surface area (Å²) in [6.07, 6.45) is -2.21. The van der Waals surface area contributed by atoms with Crippen molar-refractivity contribution in [3.05, 3.63) is 0 Å². The number of aliphatic hydroxyl groups excluding tert-OH is 2. The lowest BCUT2D eigenvalue weighted by Crippen LogP contribution is -2.55. The van der Waals surface area contributed by atoms with Crippen molar-refractivity contribution in [3.63, 3.8) is 0 Å². The summed E-state index contributed by atoms with van der Waals surface area (Å²) in [5.74, 6) is -0.173. The number of methoxy groups -OCH3 is 2. The molecule has 0 saturated carbocycles. The van der Waals surface area contributed by atoms with Gasteiger partial charge in [0.15, 0.2) is 6.29 Å². The Balaban J connectivity index is 2.71. The lowest BCUT2D eigenvalue weighted by atomic mass is 9.92. The molecule has 1 fully saturated rings. The average molecular weight is 206 g/mol. The van der Waals surface area contributed by atoms with Crippen LogP contribution in [0, 0.1) is 5.92 Å². The minimum atomic E-state index is -0.684. The van der Waals surface area contributed by atoms with Crippen molar-refractivity contribution in [2.75, 3.05) is 20.8 Å². The Morgan fingerprint density at radius 3 is 2.36 bits per heavy atom. The molecule has 84 valence electrons. The van der Waals surface area contributed by atoms with Gasteiger partial charge in [-0.3, -0.25) is 0 Å². The zero-order valence-electron chi connectivity index (χ0n) is 8.71. The van der Waals surface area contributed by atoms with Crippen LogP contribution < -0.4 is 0 Å². The van der Waals surface area contributed by atoms with Crippen LogP contribution in [0.5, 0.6) is 0 Å². The van der Waals surface area contributed by atoms with E-state index in [0.717, 1.165) is 0 Å². The molecule has 0 bridgehead atoms. The minimum absolute atomic E-state index is 0.173. The topological polar surface area (TPSA) is 68.2 Å². The number of ether oxygens (including phenoxy) is 3. The highest BCUT2D eigenvalue weighted by atomic mass is 16.7. The Bertz CT molecular complexity index is 173. The van der Waals surface area contributed by atoms with Gasteiger partial charge < -0.3 is 24.4 Å². The lowest BCUT2D eigenvalue weighted by Gasteiger charge is -2.41. The summed E-state index contributed by atoms with van der Waals surface area (Å²) in [6, 6.07) is 0. The second kappa shape index (κ2) is 5.04. The van der Waals surface area contributed by atoms with Crippen molar-refractivity contribution in [3.8, 4) is 0 Å². The molecule has 5 unspecified atom stereocenters. The number of hydrogen-bond donors (Lipinski definition) is 2. The molecule has 5 atom stereocenters. The quantitative estimate of drug-likeness (QED) is 0.643. The molecule has 5 nitrogen and oxygen atoms in total. The third-order valence-electron chi connectivity index (χ3n) is 2.66. The molecular weight excluding hydrogens is 188 g/mol. The van der Waals surface area contributed by atoms with Crippen molar-refractivity contribution in [1.82, 2.24) is 0 Å². The summed E-state index contributed by atoms with van der Waals surface area (Å²) in [5.41, 5.74) is 0. The summed E-state index contributed by atoms with van der Waals surface area (Å²) < 4.78 is 15.5. The second-order valence-corrected chi connectivity index (χ2v) is 3.51. The van der Waals surface area contributed by atoms with E-state index in [0.29, 0.717) is 0 Å². The van der Waals surface area contributed by atoms with Crippen LogP contribution in [-0.4, -0.2) is 55.6 Å². The van der Waals surface area contributed by atoms with E-state index in [1.54, 1.807) is 0 Å². The van der Waals surface area contributed by atoms with Gasteiger partial charge >= 0.3 is 0 Å². The molecule has 0 aromatic rings. The summed E-state index contributed by atoms with van der Waals surface area (Å²) in [5, 5.41) is 18.9. The maximum Gasteiger partial charge on any atom is 0.162 e. The molecule has 1 rings (SSSR count). The van der Waals surface area contributed by atoms with Gasteiger partial charge in [0, 0.05) is 20.1 Å². The molecule has 14 heavy (non-hydrogen) atoms. The van der Waals surface area contributed by atoms with Crippen LogP contribution in [0.1, 0.15) is 6.92 Å². The Morgan fingerprint density at radius 2 is 1.93 bits per heavy atom. The maximum absolute atomic E-state index is 9.84. The molecule has 0 aliphatic carbocycles. The second-order valence-electron chi connectivity index (χ2n) is 3.51. The Labute approximate surface area is 83.6 Å². The van der Waals surface area contributed by atoms with Gasteiger partial charge in [0.2, 0.25) is 0 Å². The van der Waals surface area contributed by atoms with Crippen LogP contribution in [0.4, 0.5) is 0 Å². The van der Waals surface area contributed by atoms with Gasteiger partial charge in [0.05, 0.1) is 12.7 Å². The Hall–Kier alpha value is -0.200. The summed E-state index contributed by atoms with van der Waals surface area (Å²) >= 11 is 0. The van der Waals surface area contributed by atoms with Gasteiger partial charge in [-0.1, -0.05) is 6.92 Å². The fourth-order valence-electron chi connectivity index (χ4n) is 1.76. The van der Waals surface area contributed by atoms with E-state index >= 15 is 0 Å². The zero-order chi connectivity index (χ0) is 10.7. The van der Waals surface area contributed by atoms with E-state index in [4.69, 9.17) is 19.3 Å². The van der Waals surface area contributed by atoms with E-state index in [9.17, 15) is 5.11 Å². The standard InChI is InChI=1S/C9H18O5/c1-5-7(11)8(12-2)6(4-10)14-9(5)13-3/h5-11H,4H2,1-3H3. The van der Waals surface area contributed by atoms with Crippen LogP contribution in [-0.2, 0) is 14.2 Å². The molecule has 1 saturated heterocycles. The number of aliphatic hydroxyl groups is 2. The Morgan fingerprint density at radius 1 is 1.29 bits per heavy atom. The lowest BCUT2D eigenvalue weighted by molar-refractivity contribution is -0.279. The first kappa shape index (κ1) is 11.9. The average Bonchev–Trinajstić information content (AvgIpc) is 2.21. The fourth-order valence-corrected chi connectivity index (χ4v) is 1.76. The molecule has 1 aliphatic rings. The highest BCUT2D eigenvalue weighted by molar-refractivity contribution is 4.87. The van der Waals surface area contributed by atoms with Crippen molar-refractivity contribution in [2.45, 2.75) is 31.5 Å². The van der Waals surface area contributed by atoms with E-state index in [2.05, 4.69) is 0 Å². The van der Waals surface area contributed by atoms with Gasteiger partial charge in [0.25, 0.3) is 0 Å². The van der Waals surface area contributed by atoms with Crippen molar-refractivity contribution >= 4 is 0 Å². The molecule has 1 heterocycles. The number of rotatable bonds is 3. The highest BCUT2D eigenvalue weighted by Gasteiger charge is 2.43. The predicted octanol–water partition coefficient (Wildman–Crippen LogP) is -0.638. The highest BCUT2D eigenvalue weighted by Crippen LogP contribution is 2.27. The van der Waals surface area contributed by atoms with Crippen LogP contribution in [0.15, 0.2) is 0 Å². The van der Waals surface area contributed by atoms with Crippen LogP contribution >= 0.6 is 0 Å². The van der Waals surface area contributed by atoms with Gasteiger partial charge in [-0.15, -0.1) is 0 Å². The zero-order valence-corrected chi connectivity index (χ0v) is 8.71. The summed E-state index contributed by atoms with van der Waals surface area (Å²) in [6.45, 7) is 1.63. The molecular formula is C9H18O5. The van der Waals surface area contributed by atoms with E-state index in [1.165, 1.54) is 14.2 Å². The normalized spacial score (nSPS) is 43.9. The predicted molar refractivity (Wildman–Crippen MR) is 48.7 cm³/mol. The monoisotopic (exact) mass is 206 g/mol. The smallest absolute Gasteiger partial charge is 0.162 e. The first-order chi connectivity index (χ1) is 6.65. The third kappa shape index (κ3) is 2.07. The molecule has 5 heteroatoms. The molecule has 0 aromatic carbocycles. The van der Waals surface area contributed by atoms with E-state index < -0.39 is 24.6 Å². The molecule has 2 N–H and O–H groups in total. The van der Waals surface area contributed by atoms with Crippen LogP contribution in [0.25, 0.3) is 0 Å². The summed E-state index contributed by atoms with van der Waals surface area (Å²) in [4.78, 5) is 0. The first-order valence-electron chi connectivity index (χ1n) is 4.65. The number of hydrogen-bond acceptors (Lipinski definition) is 5. The van der Waals surface area contributed by atoms with Gasteiger partial charge in [-0.2, -0.15) is 0 Å². The fraction of sp³-hybridized carbons (Fsp3) is 1.00. The van der Waals surface area contributed by atoms with Gasteiger partial charge in [-0.05, 0) is 0 Å². The molecule has 0 amide bonds. The third-order valence-corrected chi connectivity index (χ3v) is 2.66. The first-order valence-corrected chi connectivity index (χ1v) is 4.65. The van der Waals surface area contributed by atoms with Gasteiger partial charge in [0.1, 0.15) is 12.2 Å². The van der Waals surface area contributed by atoms with Gasteiger partial charge in [-0.25, -0.2) is 0 Å². The SMILES string of the molecule is COC1OC(CO)C(OC)C(O)C1C. The molecule has 0 aromatic heterocycles. The van der Waals surface area contributed by atoms with Crippen molar-refractivity contribution < 1.29 is 24.4 Å². The minimum Gasteiger partial charge on any atom is -0.394 e. The van der Waals surface area contributed by atoms with Crippen LogP contribution in [0.3, 0.4) is 0 Å². The van der Waals surface area contributed by atoms with E-state index in [-0.39, 0.29) is 12.5 Å². The molecule has 0 radical (unpaired) electrons. The maximum atomic E-state index is 9.84. The summed E-state index contributed by atoms with van der Waals surface area (Å²) in [7, 11) is 3.00. The van der Waals surface area contributed by atoms with Crippen LogP contribution in [0.2, 0.25) is 0 Å². The molecule has 1 aliphatic heterocycles. The largest absolute Gasteiger partial charge is 0.394 e.